The molecule has 2 fully saturated rings. The van der Waals surface area contributed by atoms with Gasteiger partial charge in [0.05, 0.1) is 5.75 Å². The fraction of sp³-hybridized carbons (Fsp3) is 0.833. The van der Waals surface area contributed by atoms with Gasteiger partial charge in [-0.1, -0.05) is 13.8 Å². The van der Waals surface area contributed by atoms with Crippen LogP contribution in [0, 0.1) is 5.92 Å². The Balaban J connectivity index is 1.97. The summed E-state index contributed by atoms with van der Waals surface area (Å²) in [7, 11) is -3.27. The molecule has 0 radical (unpaired) electrons. The molecule has 2 N–H and O–H groups in total. The predicted octanol–water partition coefficient (Wildman–Crippen LogP) is 0.0363. The Labute approximate surface area is 119 Å². The highest BCUT2D eigenvalue weighted by atomic mass is 32.2. The summed E-state index contributed by atoms with van der Waals surface area (Å²) in [5.41, 5.74) is -0.916. The molecule has 114 valence electrons. The third-order valence-corrected chi connectivity index (χ3v) is 5.84. The van der Waals surface area contributed by atoms with Gasteiger partial charge < -0.3 is 5.32 Å². The second-order valence-electron chi connectivity index (χ2n) is 5.89. The molecule has 2 saturated heterocycles. The molecule has 0 bridgehead atoms. The van der Waals surface area contributed by atoms with Crippen molar-refractivity contribution in [2.75, 3.05) is 18.8 Å². The molecule has 2 aliphatic heterocycles. The minimum atomic E-state index is -3.27. The van der Waals surface area contributed by atoms with Gasteiger partial charge >= 0.3 is 6.03 Å². The molecule has 0 saturated carbocycles. The summed E-state index contributed by atoms with van der Waals surface area (Å²) >= 11 is 0. The molecule has 0 aromatic rings. The first-order valence-corrected chi connectivity index (χ1v) is 8.47. The quantitative estimate of drug-likeness (QED) is 0.717. The monoisotopic (exact) mass is 303 g/mol. The number of amides is 3. The van der Waals surface area contributed by atoms with Crippen LogP contribution in [0.3, 0.4) is 0 Å². The zero-order chi connectivity index (χ0) is 15.0. The van der Waals surface area contributed by atoms with Gasteiger partial charge in [-0.05, 0) is 25.2 Å². The molecular formula is C12H21N3O4S. The summed E-state index contributed by atoms with van der Waals surface area (Å²) in [5.74, 6) is 0.124. The number of piperidine rings is 1. The lowest BCUT2D eigenvalue weighted by Gasteiger charge is -2.36. The maximum atomic E-state index is 12.2. The molecular weight excluding hydrogens is 282 g/mol. The first-order chi connectivity index (χ1) is 9.25. The number of nitrogens with zero attached hydrogens (tertiary/aromatic N) is 1. The number of urea groups is 1. The Morgan fingerprint density at radius 1 is 1.25 bits per heavy atom. The SMILES string of the molecule is CC(C)CCS(=O)(=O)N1CCC2(CC1)NC(=O)NC2=O. The second kappa shape index (κ2) is 5.33. The summed E-state index contributed by atoms with van der Waals surface area (Å²) in [6.45, 7) is 4.51. The fourth-order valence-corrected chi connectivity index (χ4v) is 4.31. The average molecular weight is 303 g/mol. The number of hydrogen-bond acceptors (Lipinski definition) is 4. The van der Waals surface area contributed by atoms with Gasteiger partial charge in [-0.3, -0.25) is 10.1 Å². The van der Waals surface area contributed by atoms with E-state index in [0.717, 1.165) is 0 Å². The van der Waals surface area contributed by atoms with Crippen molar-refractivity contribution in [1.29, 1.82) is 0 Å². The molecule has 1 spiro atoms. The van der Waals surface area contributed by atoms with Crippen molar-refractivity contribution in [2.24, 2.45) is 5.92 Å². The van der Waals surface area contributed by atoms with E-state index in [-0.39, 0.29) is 24.7 Å². The van der Waals surface area contributed by atoms with Gasteiger partial charge in [0.2, 0.25) is 10.0 Å². The molecule has 20 heavy (non-hydrogen) atoms. The van der Waals surface area contributed by atoms with E-state index in [4.69, 9.17) is 0 Å². The van der Waals surface area contributed by atoms with Crippen LogP contribution in [0.1, 0.15) is 33.1 Å². The Kier molecular flexibility index (Phi) is 4.06. The van der Waals surface area contributed by atoms with Crippen LogP contribution >= 0.6 is 0 Å². The van der Waals surface area contributed by atoms with Crippen LogP contribution in [0.5, 0.6) is 0 Å². The van der Waals surface area contributed by atoms with Crippen LogP contribution in [-0.4, -0.2) is 49.0 Å². The van der Waals surface area contributed by atoms with Crippen molar-refractivity contribution in [1.82, 2.24) is 14.9 Å². The normalized spacial score (nSPS) is 23.1. The number of imide groups is 1. The van der Waals surface area contributed by atoms with Crippen LogP contribution < -0.4 is 10.6 Å². The molecule has 2 heterocycles. The van der Waals surface area contributed by atoms with E-state index < -0.39 is 21.6 Å². The maximum absolute atomic E-state index is 12.2. The van der Waals surface area contributed by atoms with Gasteiger partial charge in [-0.15, -0.1) is 0 Å². The van der Waals surface area contributed by atoms with Crippen molar-refractivity contribution in [2.45, 2.75) is 38.6 Å². The van der Waals surface area contributed by atoms with E-state index in [1.54, 1.807) is 0 Å². The highest BCUT2D eigenvalue weighted by Gasteiger charge is 2.49. The molecule has 3 amide bonds. The van der Waals surface area contributed by atoms with E-state index in [1.165, 1.54) is 4.31 Å². The number of carbonyl (C=O) groups excluding carboxylic acids is 2. The van der Waals surface area contributed by atoms with Crippen molar-refractivity contribution in [3.63, 3.8) is 0 Å². The van der Waals surface area contributed by atoms with Gasteiger partial charge in [0, 0.05) is 13.1 Å². The zero-order valence-corrected chi connectivity index (χ0v) is 12.6. The minimum Gasteiger partial charge on any atom is -0.323 e. The van der Waals surface area contributed by atoms with Crippen LogP contribution in [0.25, 0.3) is 0 Å². The Morgan fingerprint density at radius 3 is 2.30 bits per heavy atom. The molecule has 0 atom stereocenters. The summed E-state index contributed by atoms with van der Waals surface area (Å²) < 4.78 is 25.8. The van der Waals surface area contributed by atoms with E-state index in [2.05, 4.69) is 10.6 Å². The largest absolute Gasteiger partial charge is 0.323 e. The maximum Gasteiger partial charge on any atom is 0.322 e. The molecule has 0 aromatic heterocycles. The van der Waals surface area contributed by atoms with E-state index in [9.17, 15) is 18.0 Å². The molecule has 0 aromatic carbocycles. The topological polar surface area (TPSA) is 95.6 Å². The van der Waals surface area contributed by atoms with Crippen molar-refractivity contribution >= 4 is 22.0 Å². The van der Waals surface area contributed by atoms with Gasteiger partial charge in [0.25, 0.3) is 5.91 Å². The zero-order valence-electron chi connectivity index (χ0n) is 11.8. The van der Waals surface area contributed by atoms with Crippen molar-refractivity contribution < 1.29 is 18.0 Å². The summed E-state index contributed by atoms with van der Waals surface area (Å²) in [6, 6.07) is -0.494. The lowest BCUT2D eigenvalue weighted by atomic mass is 9.89. The number of hydrogen-bond donors (Lipinski definition) is 2. The minimum absolute atomic E-state index is 0.135. The van der Waals surface area contributed by atoms with E-state index >= 15 is 0 Å². The lowest BCUT2D eigenvalue weighted by Crippen LogP contribution is -2.56. The third kappa shape index (κ3) is 2.95. The summed E-state index contributed by atoms with van der Waals surface area (Å²) in [5, 5.41) is 4.83. The summed E-state index contributed by atoms with van der Waals surface area (Å²) in [6.07, 6.45) is 1.28. The molecule has 2 rings (SSSR count). The van der Waals surface area contributed by atoms with Crippen LogP contribution in [0.2, 0.25) is 0 Å². The molecule has 0 aliphatic carbocycles. The Morgan fingerprint density at radius 2 is 1.85 bits per heavy atom. The van der Waals surface area contributed by atoms with Crippen molar-refractivity contribution in [3.05, 3.63) is 0 Å². The molecule has 0 unspecified atom stereocenters. The standard InChI is InChI=1S/C12H21N3O4S/c1-9(2)3-8-20(18,19)15-6-4-12(5-7-15)10(16)13-11(17)14-12/h9H,3-8H2,1-2H3,(H2,13,14,16,17). The Bertz CT molecular complexity index is 507. The number of nitrogens with one attached hydrogen (secondary N) is 2. The second-order valence-corrected chi connectivity index (χ2v) is 7.98. The van der Waals surface area contributed by atoms with Crippen molar-refractivity contribution in [3.8, 4) is 0 Å². The van der Waals surface area contributed by atoms with Gasteiger partial charge in [-0.2, -0.15) is 0 Å². The predicted molar refractivity (Wildman–Crippen MR) is 73.5 cm³/mol. The van der Waals surface area contributed by atoms with E-state index in [0.29, 0.717) is 25.2 Å². The first kappa shape index (κ1) is 15.2. The smallest absolute Gasteiger partial charge is 0.322 e. The van der Waals surface area contributed by atoms with Gasteiger partial charge in [-0.25, -0.2) is 17.5 Å². The highest BCUT2D eigenvalue weighted by Crippen LogP contribution is 2.27. The fourth-order valence-electron chi connectivity index (χ4n) is 2.54. The van der Waals surface area contributed by atoms with Crippen LogP contribution in [-0.2, 0) is 14.8 Å². The average Bonchev–Trinajstić information content (AvgIpc) is 2.62. The lowest BCUT2D eigenvalue weighted by molar-refractivity contribution is -0.125. The molecule has 7 nitrogen and oxygen atoms in total. The van der Waals surface area contributed by atoms with Crippen LogP contribution in [0.15, 0.2) is 0 Å². The Hall–Kier alpha value is -1.15. The molecule has 2 aliphatic rings. The van der Waals surface area contributed by atoms with E-state index in [1.807, 2.05) is 13.8 Å². The first-order valence-electron chi connectivity index (χ1n) is 6.87. The number of sulfonamides is 1. The highest BCUT2D eigenvalue weighted by molar-refractivity contribution is 7.89. The molecule has 8 heteroatoms. The number of rotatable bonds is 4. The number of carbonyl (C=O) groups is 2. The van der Waals surface area contributed by atoms with Crippen LogP contribution in [0.4, 0.5) is 4.79 Å². The summed E-state index contributed by atoms with van der Waals surface area (Å²) in [4.78, 5) is 23.0. The van der Waals surface area contributed by atoms with Gasteiger partial charge in [0.15, 0.2) is 0 Å². The van der Waals surface area contributed by atoms with Gasteiger partial charge in [0.1, 0.15) is 5.54 Å². The third-order valence-electron chi connectivity index (χ3n) is 3.94.